The van der Waals surface area contributed by atoms with Crippen LogP contribution in [-0.4, -0.2) is 73.5 Å². The third-order valence-electron chi connectivity index (χ3n) is 6.91. The van der Waals surface area contributed by atoms with Crippen LogP contribution in [0.2, 0.25) is 0 Å². The summed E-state index contributed by atoms with van der Waals surface area (Å²) in [5.74, 6) is -1.26. The number of hydrogen-bond acceptors (Lipinski definition) is 7. The number of aromatic nitrogens is 1. The molecular weight excluding hydrogens is 517 g/mol. The number of amides is 4. The van der Waals surface area contributed by atoms with Gasteiger partial charge in [0.15, 0.2) is 0 Å². The summed E-state index contributed by atoms with van der Waals surface area (Å²) in [6, 6.07) is 4.02. The lowest BCUT2D eigenvalue weighted by atomic mass is 10.1. The van der Waals surface area contributed by atoms with Crippen molar-refractivity contribution in [3.63, 3.8) is 0 Å². The SMILES string of the molecule is CC1CC12C(=O)N(c1ccc(S(=O)(=O)C(F)(F)F)cc1)C(=O)N2c1ccncc1C(=O)N1CCOCC1. The Morgan fingerprint density at radius 3 is 2.30 bits per heavy atom. The van der Waals surface area contributed by atoms with Crippen molar-refractivity contribution in [2.75, 3.05) is 36.1 Å². The Morgan fingerprint density at radius 1 is 1.11 bits per heavy atom. The average Bonchev–Trinajstić information content (AvgIpc) is 3.49. The number of rotatable bonds is 4. The van der Waals surface area contributed by atoms with Crippen LogP contribution in [0, 0.1) is 5.92 Å². The fraction of sp³-hybridized carbons (Fsp3) is 0.391. The Balaban J connectivity index is 1.53. The Hall–Kier alpha value is -3.52. The third-order valence-corrected chi connectivity index (χ3v) is 8.41. The number of urea groups is 1. The number of carbonyl (C=O) groups is 3. The summed E-state index contributed by atoms with van der Waals surface area (Å²) in [6.45, 7) is 3.18. The molecule has 10 nitrogen and oxygen atoms in total. The van der Waals surface area contributed by atoms with Gasteiger partial charge in [0.1, 0.15) is 5.54 Å². The van der Waals surface area contributed by atoms with Gasteiger partial charge in [-0.05, 0) is 42.7 Å². The fourth-order valence-corrected chi connectivity index (χ4v) is 5.56. The van der Waals surface area contributed by atoms with Crippen molar-refractivity contribution < 1.29 is 40.7 Å². The number of halogens is 3. The molecule has 0 bridgehead atoms. The number of nitrogens with zero attached hydrogens (tertiary/aromatic N) is 4. The maximum atomic E-state index is 13.7. The van der Waals surface area contributed by atoms with Crippen molar-refractivity contribution in [2.45, 2.75) is 29.3 Å². The molecule has 3 aliphatic rings. The van der Waals surface area contributed by atoms with Crippen LogP contribution in [0.1, 0.15) is 23.7 Å². The molecule has 5 rings (SSSR count). The maximum Gasteiger partial charge on any atom is 0.501 e. The molecule has 1 spiro atoms. The molecule has 2 saturated heterocycles. The summed E-state index contributed by atoms with van der Waals surface area (Å²) >= 11 is 0. The predicted octanol–water partition coefficient (Wildman–Crippen LogP) is 2.60. The minimum atomic E-state index is -5.60. The van der Waals surface area contributed by atoms with E-state index in [-0.39, 0.29) is 28.8 Å². The van der Waals surface area contributed by atoms with Crippen LogP contribution in [-0.2, 0) is 19.4 Å². The van der Waals surface area contributed by atoms with Gasteiger partial charge in [-0.25, -0.2) is 18.1 Å². The van der Waals surface area contributed by atoms with E-state index in [0.717, 1.165) is 17.0 Å². The molecule has 2 aromatic rings. The summed E-state index contributed by atoms with van der Waals surface area (Å²) in [4.78, 5) is 47.1. The highest BCUT2D eigenvalue weighted by Gasteiger charge is 2.71. The molecule has 3 fully saturated rings. The smallest absolute Gasteiger partial charge is 0.378 e. The number of pyridine rings is 1. The molecule has 3 heterocycles. The van der Waals surface area contributed by atoms with Crippen molar-refractivity contribution in [1.29, 1.82) is 0 Å². The van der Waals surface area contributed by atoms with Gasteiger partial charge in [-0.3, -0.25) is 19.5 Å². The Morgan fingerprint density at radius 2 is 1.73 bits per heavy atom. The number of hydrogen-bond donors (Lipinski definition) is 0. The van der Waals surface area contributed by atoms with Crippen LogP contribution >= 0.6 is 0 Å². The summed E-state index contributed by atoms with van der Waals surface area (Å²) in [7, 11) is -5.60. The molecular formula is C23H21F3N4O6S. The zero-order chi connectivity index (χ0) is 26.8. The lowest BCUT2D eigenvalue weighted by molar-refractivity contribution is -0.119. The van der Waals surface area contributed by atoms with Crippen molar-refractivity contribution in [1.82, 2.24) is 9.88 Å². The number of sulfone groups is 1. The summed E-state index contributed by atoms with van der Waals surface area (Å²) < 4.78 is 67.5. The quantitative estimate of drug-likeness (QED) is 0.550. The largest absolute Gasteiger partial charge is 0.501 e. The second-order valence-electron chi connectivity index (χ2n) is 9.03. The van der Waals surface area contributed by atoms with Gasteiger partial charge in [-0.1, -0.05) is 6.92 Å². The number of anilines is 2. The normalized spacial score (nSPS) is 24.2. The molecule has 1 aliphatic carbocycles. The minimum Gasteiger partial charge on any atom is -0.378 e. The molecule has 0 N–H and O–H groups in total. The highest BCUT2D eigenvalue weighted by Crippen LogP contribution is 2.56. The zero-order valence-corrected chi connectivity index (χ0v) is 20.3. The first-order chi connectivity index (χ1) is 17.4. The number of benzene rings is 1. The molecule has 1 aromatic heterocycles. The van der Waals surface area contributed by atoms with Gasteiger partial charge in [0.25, 0.3) is 21.7 Å². The van der Waals surface area contributed by atoms with Crippen LogP contribution in [0.15, 0.2) is 47.6 Å². The van der Waals surface area contributed by atoms with Crippen LogP contribution in [0.3, 0.4) is 0 Å². The Kier molecular flexibility index (Phi) is 5.79. The summed E-state index contributed by atoms with van der Waals surface area (Å²) in [5.41, 5.74) is -6.56. The Labute approximate surface area is 209 Å². The fourth-order valence-electron chi connectivity index (χ4n) is 4.80. The summed E-state index contributed by atoms with van der Waals surface area (Å²) in [6.07, 6.45) is 3.02. The van der Waals surface area contributed by atoms with Crippen molar-refractivity contribution >= 4 is 39.1 Å². The molecule has 1 aromatic carbocycles. The second-order valence-corrected chi connectivity index (χ2v) is 11.0. The molecule has 14 heteroatoms. The van der Waals surface area contributed by atoms with E-state index in [1.54, 1.807) is 11.8 Å². The summed E-state index contributed by atoms with van der Waals surface area (Å²) in [5, 5.41) is 0. The lowest BCUT2D eigenvalue weighted by Gasteiger charge is -2.29. The van der Waals surface area contributed by atoms with E-state index in [9.17, 15) is 36.0 Å². The van der Waals surface area contributed by atoms with Gasteiger partial charge in [-0.15, -0.1) is 0 Å². The molecule has 2 atom stereocenters. The first kappa shape index (κ1) is 25.1. The predicted molar refractivity (Wildman–Crippen MR) is 123 cm³/mol. The lowest BCUT2D eigenvalue weighted by Crippen LogP contribution is -2.43. The van der Waals surface area contributed by atoms with Gasteiger partial charge in [0, 0.05) is 25.5 Å². The standard InChI is InChI=1S/C23H21F3N4O6S/c1-14-12-22(14)20(32)29(15-2-4-16(5-3-15)37(34,35)23(24,25)26)21(33)30(22)18-6-7-27-13-17(18)19(31)28-8-10-36-11-9-28/h2-7,13-14H,8-12H2,1H3. The van der Waals surface area contributed by atoms with Crippen molar-refractivity contribution in [2.24, 2.45) is 5.92 Å². The number of imide groups is 1. The van der Waals surface area contributed by atoms with E-state index in [1.165, 1.54) is 23.4 Å². The van der Waals surface area contributed by atoms with Crippen LogP contribution in [0.5, 0.6) is 0 Å². The monoisotopic (exact) mass is 538 g/mol. The number of carbonyl (C=O) groups excluding carboxylic acids is 3. The van der Waals surface area contributed by atoms with Gasteiger partial charge >= 0.3 is 11.5 Å². The first-order valence-electron chi connectivity index (χ1n) is 11.3. The van der Waals surface area contributed by atoms with Crippen molar-refractivity contribution in [3.8, 4) is 0 Å². The zero-order valence-electron chi connectivity index (χ0n) is 19.4. The van der Waals surface area contributed by atoms with E-state index < -0.39 is 37.7 Å². The first-order valence-corrected chi connectivity index (χ1v) is 12.8. The van der Waals surface area contributed by atoms with E-state index >= 15 is 0 Å². The molecule has 37 heavy (non-hydrogen) atoms. The third kappa shape index (κ3) is 3.77. The highest BCUT2D eigenvalue weighted by atomic mass is 32.2. The topological polar surface area (TPSA) is 117 Å². The van der Waals surface area contributed by atoms with Gasteiger partial charge in [-0.2, -0.15) is 13.2 Å². The average molecular weight is 539 g/mol. The van der Waals surface area contributed by atoms with Crippen LogP contribution in [0.25, 0.3) is 0 Å². The maximum absolute atomic E-state index is 13.7. The van der Waals surface area contributed by atoms with Gasteiger partial charge in [0.05, 0.1) is 35.0 Å². The van der Waals surface area contributed by atoms with Crippen LogP contribution in [0.4, 0.5) is 29.3 Å². The van der Waals surface area contributed by atoms with Crippen LogP contribution < -0.4 is 9.80 Å². The van der Waals surface area contributed by atoms with E-state index in [1.807, 2.05) is 0 Å². The molecule has 2 unspecified atom stereocenters. The number of morpholine rings is 1. The van der Waals surface area contributed by atoms with Gasteiger partial charge in [0.2, 0.25) is 0 Å². The molecule has 4 amide bonds. The van der Waals surface area contributed by atoms with Crippen molar-refractivity contribution in [3.05, 3.63) is 48.3 Å². The minimum absolute atomic E-state index is 0.0905. The van der Waals surface area contributed by atoms with E-state index in [0.29, 0.717) is 44.9 Å². The number of ether oxygens (including phenoxy) is 1. The number of alkyl halides is 3. The second kappa shape index (κ2) is 8.52. The molecule has 196 valence electrons. The Bertz CT molecular complexity index is 1390. The van der Waals surface area contributed by atoms with E-state index in [2.05, 4.69) is 4.98 Å². The van der Waals surface area contributed by atoms with E-state index in [4.69, 9.17) is 4.74 Å². The van der Waals surface area contributed by atoms with Gasteiger partial charge < -0.3 is 9.64 Å². The highest BCUT2D eigenvalue weighted by molar-refractivity contribution is 7.92. The molecule has 1 saturated carbocycles. The molecule has 0 radical (unpaired) electrons. The molecule has 2 aliphatic heterocycles.